The van der Waals surface area contributed by atoms with Gasteiger partial charge in [0, 0.05) is 16.2 Å². The van der Waals surface area contributed by atoms with Crippen molar-refractivity contribution in [2.45, 2.75) is 6.29 Å². The second-order valence-corrected chi connectivity index (χ2v) is 2.85. The molecule has 0 unspecified atom stereocenters. The van der Waals surface area contributed by atoms with Crippen molar-refractivity contribution in [3.05, 3.63) is 40.3 Å². The Morgan fingerprint density at radius 3 is 2.43 bits per heavy atom. The zero-order valence-electron chi connectivity index (χ0n) is 7.46. The van der Waals surface area contributed by atoms with Gasteiger partial charge in [-0.15, -0.1) is 0 Å². The van der Waals surface area contributed by atoms with Crippen LogP contribution in [-0.2, 0) is 9.47 Å². The van der Waals surface area contributed by atoms with E-state index < -0.39 is 0 Å². The van der Waals surface area contributed by atoms with Crippen molar-refractivity contribution in [1.82, 2.24) is 0 Å². The highest BCUT2D eigenvalue weighted by Crippen LogP contribution is 2.24. The van der Waals surface area contributed by atoms with Crippen molar-refractivity contribution in [2.24, 2.45) is 5.11 Å². The molecule has 0 radical (unpaired) electrons. The van der Waals surface area contributed by atoms with Crippen LogP contribution in [0.25, 0.3) is 10.4 Å². The third-order valence-corrected chi connectivity index (χ3v) is 1.95. The topological polar surface area (TPSA) is 67.2 Å². The molecule has 1 heterocycles. The maximum Gasteiger partial charge on any atom is 0.184 e. The number of nitrogens with zero attached hydrogens (tertiary/aromatic N) is 3. The van der Waals surface area contributed by atoms with Crippen LogP contribution in [0.15, 0.2) is 29.4 Å². The molecule has 1 fully saturated rings. The number of ether oxygens (including phenoxy) is 2. The summed E-state index contributed by atoms with van der Waals surface area (Å²) in [5.41, 5.74) is 9.75. The maximum atomic E-state index is 8.21. The first kappa shape index (κ1) is 9.02. The van der Waals surface area contributed by atoms with Crippen molar-refractivity contribution < 1.29 is 9.47 Å². The van der Waals surface area contributed by atoms with Crippen LogP contribution in [0, 0.1) is 0 Å². The van der Waals surface area contributed by atoms with E-state index in [0.29, 0.717) is 18.9 Å². The molecule has 0 bridgehead atoms. The number of azide groups is 1. The average molecular weight is 191 g/mol. The number of benzene rings is 1. The zero-order chi connectivity index (χ0) is 9.80. The lowest BCUT2D eigenvalue weighted by molar-refractivity contribution is -0.0441. The van der Waals surface area contributed by atoms with E-state index in [0.717, 1.165) is 5.56 Å². The zero-order valence-corrected chi connectivity index (χ0v) is 7.46. The van der Waals surface area contributed by atoms with Crippen LogP contribution in [0.5, 0.6) is 0 Å². The lowest BCUT2D eigenvalue weighted by Gasteiger charge is -2.08. The van der Waals surface area contributed by atoms with Crippen molar-refractivity contribution in [1.29, 1.82) is 0 Å². The van der Waals surface area contributed by atoms with E-state index in [1.165, 1.54) is 0 Å². The van der Waals surface area contributed by atoms with Gasteiger partial charge in [0.05, 0.1) is 13.2 Å². The normalized spacial score (nSPS) is 16.6. The molecule has 14 heavy (non-hydrogen) atoms. The molecule has 1 aromatic rings. The van der Waals surface area contributed by atoms with Gasteiger partial charge < -0.3 is 9.47 Å². The van der Waals surface area contributed by atoms with E-state index in [2.05, 4.69) is 10.0 Å². The first-order valence-electron chi connectivity index (χ1n) is 4.28. The van der Waals surface area contributed by atoms with Gasteiger partial charge in [0.15, 0.2) is 6.29 Å². The summed E-state index contributed by atoms with van der Waals surface area (Å²) < 4.78 is 10.6. The molecule has 1 aromatic carbocycles. The summed E-state index contributed by atoms with van der Waals surface area (Å²) in [5, 5.41) is 3.47. The summed E-state index contributed by atoms with van der Waals surface area (Å²) in [4.78, 5) is 2.70. The number of hydrogen-bond acceptors (Lipinski definition) is 3. The summed E-state index contributed by atoms with van der Waals surface area (Å²) in [6.07, 6.45) is -0.268. The fourth-order valence-electron chi connectivity index (χ4n) is 1.30. The van der Waals surface area contributed by atoms with Gasteiger partial charge in [0.1, 0.15) is 0 Å². The molecule has 1 aliphatic heterocycles. The minimum atomic E-state index is -0.268. The Kier molecular flexibility index (Phi) is 2.65. The first-order valence-corrected chi connectivity index (χ1v) is 4.28. The number of rotatable bonds is 2. The molecule has 0 spiro atoms. The summed E-state index contributed by atoms with van der Waals surface area (Å²) >= 11 is 0. The fourth-order valence-corrected chi connectivity index (χ4v) is 1.30. The van der Waals surface area contributed by atoms with Gasteiger partial charge in [-0.05, 0) is 5.53 Å². The molecule has 1 saturated heterocycles. The van der Waals surface area contributed by atoms with E-state index >= 15 is 0 Å². The molecule has 0 N–H and O–H groups in total. The van der Waals surface area contributed by atoms with Crippen LogP contribution < -0.4 is 0 Å². The lowest BCUT2D eigenvalue weighted by atomic mass is 10.2. The molecular weight excluding hydrogens is 182 g/mol. The molecule has 0 atom stereocenters. The van der Waals surface area contributed by atoms with Crippen molar-refractivity contribution in [3.8, 4) is 0 Å². The third-order valence-electron chi connectivity index (χ3n) is 1.95. The Morgan fingerprint density at radius 2 is 1.86 bits per heavy atom. The van der Waals surface area contributed by atoms with Gasteiger partial charge in [0.25, 0.3) is 0 Å². The Morgan fingerprint density at radius 1 is 1.21 bits per heavy atom. The molecule has 0 aromatic heterocycles. The van der Waals surface area contributed by atoms with E-state index in [1.54, 1.807) is 12.1 Å². The minimum Gasteiger partial charge on any atom is -0.346 e. The van der Waals surface area contributed by atoms with Gasteiger partial charge in [0.2, 0.25) is 0 Å². The second-order valence-electron chi connectivity index (χ2n) is 2.85. The molecule has 0 saturated carbocycles. The highest BCUT2D eigenvalue weighted by molar-refractivity contribution is 5.38. The van der Waals surface area contributed by atoms with Crippen LogP contribution in [0.4, 0.5) is 5.69 Å². The summed E-state index contributed by atoms with van der Waals surface area (Å²) in [7, 11) is 0. The summed E-state index contributed by atoms with van der Waals surface area (Å²) in [5.74, 6) is 0. The van der Waals surface area contributed by atoms with Gasteiger partial charge in [-0.1, -0.05) is 29.4 Å². The van der Waals surface area contributed by atoms with E-state index in [9.17, 15) is 0 Å². The van der Waals surface area contributed by atoms with Crippen molar-refractivity contribution >= 4 is 5.69 Å². The van der Waals surface area contributed by atoms with Gasteiger partial charge in [-0.25, -0.2) is 0 Å². The van der Waals surface area contributed by atoms with Gasteiger partial charge >= 0.3 is 0 Å². The lowest BCUT2D eigenvalue weighted by Crippen LogP contribution is -1.96. The molecule has 0 aliphatic carbocycles. The maximum absolute atomic E-state index is 8.21. The summed E-state index contributed by atoms with van der Waals surface area (Å²) in [6, 6.07) is 7.14. The van der Waals surface area contributed by atoms with E-state index in [1.807, 2.05) is 12.1 Å². The molecule has 72 valence electrons. The van der Waals surface area contributed by atoms with Gasteiger partial charge in [-0.3, -0.25) is 0 Å². The predicted molar refractivity (Wildman–Crippen MR) is 49.9 cm³/mol. The molecule has 1 aliphatic rings. The molecular formula is C9H9N3O2. The molecule has 5 nitrogen and oxygen atoms in total. The Hall–Kier alpha value is -1.55. The van der Waals surface area contributed by atoms with E-state index in [-0.39, 0.29) is 6.29 Å². The van der Waals surface area contributed by atoms with E-state index in [4.69, 9.17) is 15.0 Å². The summed E-state index contributed by atoms with van der Waals surface area (Å²) in [6.45, 7) is 1.26. The standard InChI is InChI=1S/C9H9N3O2/c10-12-11-8-3-1-7(2-4-8)9-13-5-6-14-9/h1-4,9H,5-6H2. The third kappa shape index (κ3) is 1.85. The Balaban J connectivity index is 2.16. The average Bonchev–Trinajstić information content (AvgIpc) is 2.72. The highest BCUT2D eigenvalue weighted by atomic mass is 16.7. The van der Waals surface area contributed by atoms with Crippen LogP contribution in [0.1, 0.15) is 11.9 Å². The molecule has 0 amide bonds. The monoisotopic (exact) mass is 191 g/mol. The van der Waals surface area contributed by atoms with Gasteiger partial charge in [-0.2, -0.15) is 0 Å². The fraction of sp³-hybridized carbons (Fsp3) is 0.333. The second kappa shape index (κ2) is 4.11. The quantitative estimate of drug-likeness (QED) is 0.409. The largest absolute Gasteiger partial charge is 0.346 e. The minimum absolute atomic E-state index is 0.268. The predicted octanol–water partition coefficient (Wildman–Crippen LogP) is 2.67. The Labute approximate surface area is 80.9 Å². The van der Waals surface area contributed by atoms with Crippen LogP contribution in [0.3, 0.4) is 0 Å². The first-order chi connectivity index (χ1) is 6.90. The highest BCUT2D eigenvalue weighted by Gasteiger charge is 2.17. The van der Waals surface area contributed by atoms with Crippen LogP contribution in [0.2, 0.25) is 0 Å². The van der Waals surface area contributed by atoms with Crippen LogP contribution >= 0.6 is 0 Å². The SMILES string of the molecule is [N-]=[N+]=Nc1ccc(C2OCCO2)cc1. The number of hydrogen-bond donors (Lipinski definition) is 0. The molecule has 2 rings (SSSR count). The molecule has 5 heteroatoms. The Bertz CT molecular complexity index is 351. The van der Waals surface area contributed by atoms with Crippen molar-refractivity contribution in [2.75, 3.05) is 13.2 Å². The smallest absolute Gasteiger partial charge is 0.184 e. The van der Waals surface area contributed by atoms with Crippen molar-refractivity contribution in [3.63, 3.8) is 0 Å². The van der Waals surface area contributed by atoms with Crippen LogP contribution in [-0.4, -0.2) is 13.2 Å².